The number of carbonyl (C=O) groups excluding carboxylic acids is 1. The first kappa shape index (κ1) is 21.7. The predicted octanol–water partition coefficient (Wildman–Crippen LogP) is 4.40. The zero-order valence-electron chi connectivity index (χ0n) is 16.5. The Morgan fingerprint density at radius 1 is 0.969 bits per heavy atom. The van der Waals surface area contributed by atoms with Crippen LogP contribution in [0.25, 0.3) is 5.65 Å². The van der Waals surface area contributed by atoms with Crippen molar-refractivity contribution in [1.82, 2.24) is 14.4 Å². The Balaban J connectivity index is 1.44. The lowest BCUT2D eigenvalue weighted by atomic mass is 10.0. The summed E-state index contributed by atoms with van der Waals surface area (Å²) in [6, 6.07) is 10.8. The molecule has 0 radical (unpaired) electrons. The highest BCUT2D eigenvalue weighted by Crippen LogP contribution is 2.29. The van der Waals surface area contributed by atoms with E-state index >= 15 is 0 Å². The van der Waals surface area contributed by atoms with Crippen LogP contribution in [0.2, 0.25) is 0 Å². The first-order chi connectivity index (χ1) is 15.1. The van der Waals surface area contributed by atoms with Gasteiger partial charge in [0.15, 0.2) is 10.8 Å². The maximum Gasteiger partial charge on any atom is 0.417 e. The van der Waals surface area contributed by atoms with Gasteiger partial charge in [0.1, 0.15) is 5.65 Å². The third-order valence-corrected chi connectivity index (χ3v) is 6.61. The molecule has 10 heteroatoms. The van der Waals surface area contributed by atoms with E-state index in [-0.39, 0.29) is 17.1 Å². The Morgan fingerprint density at radius 3 is 2.38 bits per heavy atom. The van der Waals surface area contributed by atoms with Crippen molar-refractivity contribution in [2.75, 3.05) is 0 Å². The van der Waals surface area contributed by atoms with E-state index in [0.29, 0.717) is 24.2 Å². The maximum absolute atomic E-state index is 12.7. The van der Waals surface area contributed by atoms with Crippen LogP contribution in [0.5, 0.6) is 0 Å². The smallest absolute Gasteiger partial charge is 0.306 e. The first-order valence-corrected chi connectivity index (χ1v) is 11.0. The average molecular weight is 459 g/mol. The summed E-state index contributed by atoms with van der Waals surface area (Å²) in [6.45, 7) is 0. The molecule has 32 heavy (non-hydrogen) atoms. The summed E-state index contributed by atoms with van der Waals surface area (Å²) >= 11 is 0. The fourth-order valence-corrected chi connectivity index (χ4v) is 4.32. The topological polar surface area (TPSA) is 81.4 Å². The number of sulfone groups is 1. The molecular weight excluding hydrogens is 443 g/mol. The summed E-state index contributed by atoms with van der Waals surface area (Å²) in [5.74, 6) is -0.0637. The van der Waals surface area contributed by atoms with E-state index in [0.717, 1.165) is 17.3 Å². The Bertz CT molecular complexity index is 1380. The van der Waals surface area contributed by atoms with E-state index in [9.17, 15) is 26.4 Å². The molecule has 164 valence electrons. The number of pyridine rings is 2. The minimum absolute atomic E-state index is 0.0637. The Hall–Kier alpha value is -3.53. The molecule has 0 fully saturated rings. The zero-order chi connectivity index (χ0) is 22.9. The van der Waals surface area contributed by atoms with Crippen molar-refractivity contribution >= 4 is 21.3 Å². The number of carbonyl (C=O) groups is 1. The molecule has 1 aromatic carbocycles. The van der Waals surface area contributed by atoms with Crippen LogP contribution in [0, 0.1) is 0 Å². The van der Waals surface area contributed by atoms with Crippen molar-refractivity contribution in [3.63, 3.8) is 0 Å². The number of aryl methyl sites for hydroxylation is 1. The minimum atomic E-state index is -4.60. The maximum atomic E-state index is 12.7. The summed E-state index contributed by atoms with van der Waals surface area (Å²) in [5, 5.41) is -0.469. The van der Waals surface area contributed by atoms with Gasteiger partial charge in [0, 0.05) is 36.8 Å². The number of hydrogen-bond acceptors (Lipinski definition) is 5. The summed E-state index contributed by atoms with van der Waals surface area (Å²) in [4.78, 5) is 20.0. The van der Waals surface area contributed by atoms with Crippen molar-refractivity contribution < 1.29 is 26.4 Å². The summed E-state index contributed by atoms with van der Waals surface area (Å²) in [5.41, 5.74) is 1.01. The van der Waals surface area contributed by atoms with Crippen LogP contribution in [-0.2, 0) is 22.4 Å². The van der Waals surface area contributed by atoms with Crippen LogP contribution < -0.4 is 0 Å². The number of fused-ring (bicyclic) bond motifs is 1. The molecule has 0 saturated heterocycles. The molecule has 0 unspecified atom stereocenters. The number of aromatic nitrogens is 3. The Labute approximate surface area is 181 Å². The highest BCUT2D eigenvalue weighted by molar-refractivity contribution is 7.91. The first-order valence-electron chi connectivity index (χ1n) is 9.48. The quantitative estimate of drug-likeness (QED) is 0.400. The van der Waals surface area contributed by atoms with Gasteiger partial charge in [0.25, 0.3) is 0 Å². The van der Waals surface area contributed by atoms with Gasteiger partial charge in [-0.3, -0.25) is 4.79 Å². The molecule has 0 bridgehead atoms. The number of halogens is 3. The zero-order valence-corrected chi connectivity index (χ0v) is 17.3. The summed E-state index contributed by atoms with van der Waals surface area (Å²) < 4.78 is 65.0. The van der Waals surface area contributed by atoms with Gasteiger partial charge < -0.3 is 4.40 Å². The monoisotopic (exact) mass is 459 g/mol. The van der Waals surface area contributed by atoms with E-state index in [1.807, 2.05) is 0 Å². The van der Waals surface area contributed by atoms with Crippen molar-refractivity contribution in [2.24, 2.45) is 0 Å². The molecule has 4 rings (SSSR count). The largest absolute Gasteiger partial charge is 0.417 e. The molecule has 6 nitrogen and oxygen atoms in total. The molecule has 4 aromatic rings. The second kappa shape index (κ2) is 8.19. The molecule has 0 aliphatic rings. The van der Waals surface area contributed by atoms with Gasteiger partial charge in [0.05, 0.1) is 10.5 Å². The van der Waals surface area contributed by atoms with Gasteiger partial charge in [-0.25, -0.2) is 18.4 Å². The number of hydrogen-bond donors (Lipinski definition) is 0. The number of nitrogens with zero attached hydrogens (tertiary/aromatic N) is 3. The van der Waals surface area contributed by atoms with E-state index in [1.54, 1.807) is 47.3 Å². The minimum Gasteiger partial charge on any atom is -0.306 e. The Morgan fingerprint density at radius 2 is 1.72 bits per heavy atom. The van der Waals surface area contributed by atoms with E-state index in [1.165, 1.54) is 12.1 Å². The van der Waals surface area contributed by atoms with Gasteiger partial charge >= 0.3 is 6.18 Å². The fraction of sp³-hybridized carbons (Fsp3) is 0.136. The van der Waals surface area contributed by atoms with Gasteiger partial charge in [-0.15, -0.1) is 0 Å². The van der Waals surface area contributed by atoms with Crippen LogP contribution in [0.3, 0.4) is 0 Å². The second-order valence-electron chi connectivity index (χ2n) is 7.06. The van der Waals surface area contributed by atoms with E-state index in [4.69, 9.17) is 0 Å². The molecule has 0 aliphatic heterocycles. The molecule has 0 amide bonds. The molecular formula is C22H16F3N3O3S. The van der Waals surface area contributed by atoms with Gasteiger partial charge in [-0.2, -0.15) is 13.2 Å². The SMILES string of the molecule is O=C(CCc1ccc(S(=O)(=O)c2ccc(C(F)(F)F)cn2)cc1)c1ccc2nccn2c1. The summed E-state index contributed by atoms with van der Waals surface area (Å²) in [7, 11) is -4.06. The number of rotatable bonds is 6. The second-order valence-corrected chi connectivity index (χ2v) is 8.96. The van der Waals surface area contributed by atoms with Gasteiger partial charge in [-0.05, 0) is 48.4 Å². The van der Waals surface area contributed by atoms with Crippen LogP contribution in [0.4, 0.5) is 13.2 Å². The highest BCUT2D eigenvalue weighted by Gasteiger charge is 2.31. The van der Waals surface area contributed by atoms with Crippen molar-refractivity contribution in [3.05, 3.63) is 90.0 Å². The molecule has 0 aliphatic carbocycles. The normalized spacial score (nSPS) is 12.2. The van der Waals surface area contributed by atoms with E-state index in [2.05, 4.69) is 9.97 Å². The number of alkyl halides is 3. The standard InChI is InChI=1S/C22H16F3N3O3S/c23-22(24,25)17-5-10-21(27-13-17)32(30,31)18-6-1-15(2-7-18)3-8-19(29)16-4-9-20-26-11-12-28(20)14-16/h1-2,4-7,9-14H,3,8H2. The third-order valence-electron chi connectivity index (χ3n) is 4.92. The number of Topliss-reactive ketones (excluding diaryl/α,β-unsaturated/α-hetero) is 1. The van der Waals surface area contributed by atoms with Crippen molar-refractivity contribution in [1.29, 1.82) is 0 Å². The van der Waals surface area contributed by atoms with Crippen LogP contribution >= 0.6 is 0 Å². The number of imidazole rings is 1. The molecule has 0 spiro atoms. The van der Waals surface area contributed by atoms with Crippen LogP contribution in [0.1, 0.15) is 27.9 Å². The van der Waals surface area contributed by atoms with Gasteiger partial charge in [0.2, 0.25) is 9.84 Å². The molecule has 0 saturated carbocycles. The third kappa shape index (κ3) is 4.40. The van der Waals surface area contributed by atoms with Crippen LogP contribution in [0.15, 0.2) is 83.2 Å². The summed E-state index contributed by atoms with van der Waals surface area (Å²) in [6.07, 6.45) is 1.62. The van der Waals surface area contributed by atoms with E-state index < -0.39 is 26.6 Å². The highest BCUT2D eigenvalue weighted by atomic mass is 32.2. The van der Waals surface area contributed by atoms with Crippen molar-refractivity contribution in [2.45, 2.75) is 28.9 Å². The number of ketones is 1. The van der Waals surface area contributed by atoms with Gasteiger partial charge in [-0.1, -0.05) is 12.1 Å². The number of benzene rings is 1. The molecule has 0 atom stereocenters. The fourth-order valence-electron chi connectivity index (χ4n) is 3.15. The Kier molecular flexibility index (Phi) is 5.55. The van der Waals surface area contributed by atoms with Crippen LogP contribution in [-0.4, -0.2) is 28.6 Å². The average Bonchev–Trinajstić information content (AvgIpc) is 3.25. The lowest BCUT2D eigenvalue weighted by molar-refractivity contribution is -0.137. The van der Waals surface area contributed by atoms with Crippen molar-refractivity contribution in [3.8, 4) is 0 Å². The predicted molar refractivity (Wildman–Crippen MR) is 109 cm³/mol. The molecule has 3 aromatic heterocycles. The lowest BCUT2D eigenvalue weighted by Gasteiger charge is -2.08. The molecule has 3 heterocycles. The lowest BCUT2D eigenvalue weighted by Crippen LogP contribution is -2.09. The molecule has 0 N–H and O–H groups in total.